The molecule has 5 nitrogen and oxygen atoms in total. The molecule has 0 bridgehead atoms. The lowest BCUT2D eigenvalue weighted by molar-refractivity contribution is 0.303. The molecular weight excluding hydrogens is 250 g/mol. The molecule has 0 fully saturated rings. The molecule has 0 aliphatic carbocycles. The van der Waals surface area contributed by atoms with Gasteiger partial charge >= 0.3 is 0 Å². The molecule has 1 rings (SSSR count). The van der Waals surface area contributed by atoms with Crippen molar-refractivity contribution in [1.82, 2.24) is 14.9 Å². The Morgan fingerprint density at radius 3 is 2.35 bits per heavy atom. The fourth-order valence-electron chi connectivity index (χ4n) is 2.00. The van der Waals surface area contributed by atoms with Gasteiger partial charge in [-0.15, -0.1) is 0 Å². The highest BCUT2D eigenvalue weighted by Gasteiger charge is 2.07. The molecular formula is C15H29N5. The van der Waals surface area contributed by atoms with Crippen LogP contribution in [0.1, 0.15) is 45.9 Å². The molecule has 0 amide bonds. The van der Waals surface area contributed by atoms with E-state index in [2.05, 4.69) is 53.2 Å². The monoisotopic (exact) mass is 279 g/mol. The van der Waals surface area contributed by atoms with Crippen LogP contribution >= 0.6 is 0 Å². The van der Waals surface area contributed by atoms with E-state index in [4.69, 9.17) is 0 Å². The Morgan fingerprint density at radius 2 is 1.80 bits per heavy atom. The first-order chi connectivity index (χ1) is 9.60. The van der Waals surface area contributed by atoms with Crippen LogP contribution in [-0.4, -0.2) is 48.1 Å². The summed E-state index contributed by atoms with van der Waals surface area (Å²) >= 11 is 0. The molecule has 114 valence electrons. The van der Waals surface area contributed by atoms with Crippen LogP contribution in [0.2, 0.25) is 0 Å². The Bertz CT molecular complexity index is 388. The van der Waals surface area contributed by atoms with E-state index >= 15 is 0 Å². The highest BCUT2D eigenvalue weighted by Crippen LogP contribution is 2.16. The fourth-order valence-corrected chi connectivity index (χ4v) is 2.00. The zero-order valence-corrected chi connectivity index (χ0v) is 13.5. The molecule has 2 N–H and O–H groups in total. The maximum atomic E-state index is 4.56. The smallest absolute Gasteiger partial charge is 0.135 e. The van der Waals surface area contributed by atoms with E-state index in [0.717, 1.165) is 50.1 Å². The molecule has 0 aliphatic rings. The number of rotatable bonds is 9. The van der Waals surface area contributed by atoms with Gasteiger partial charge < -0.3 is 15.5 Å². The maximum absolute atomic E-state index is 4.56. The summed E-state index contributed by atoms with van der Waals surface area (Å²) in [4.78, 5) is 11.5. The second kappa shape index (κ2) is 8.74. The molecule has 5 heteroatoms. The fraction of sp³-hybridized carbons (Fsp3) is 0.733. The lowest BCUT2D eigenvalue weighted by Crippen LogP contribution is -2.25. The first kappa shape index (κ1) is 16.7. The van der Waals surface area contributed by atoms with Crippen LogP contribution in [0, 0.1) is 0 Å². The second-order valence-corrected chi connectivity index (χ2v) is 5.21. The first-order valence-electron chi connectivity index (χ1n) is 7.63. The van der Waals surface area contributed by atoms with Gasteiger partial charge in [-0.25, -0.2) is 9.97 Å². The van der Waals surface area contributed by atoms with Crippen molar-refractivity contribution in [3.8, 4) is 0 Å². The zero-order valence-electron chi connectivity index (χ0n) is 13.5. The van der Waals surface area contributed by atoms with Gasteiger partial charge in [0.25, 0.3) is 0 Å². The Kier molecular flexibility index (Phi) is 7.30. The minimum atomic E-state index is 0.333. The Labute approximate surface area is 123 Å². The molecule has 0 saturated heterocycles. The normalized spacial score (nSPS) is 11.2. The van der Waals surface area contributed by atoms with E-state index in [1.165, 1.54) is 0 Å². The van der Waals surface area contributed by atoms with Gasteiger partial charge in [0.1, 0.15) is 17.5 Å². The van der Waals surface area contributed by atoms with Crippen LogP contribution in [0.15, 0.2) is 6.07 Å². The lowest BCUT2D eigenvalue weighted by Gasteiger charge is -2.18. The predicted octanol–water partition coefficient (Wildman–Crippen LogP) is 2.79. The van der Waals surface area contributed by atoms with Gasteiger partial charge in [0, 0.05) is 25.6 Å². The van der Waals surface area contributed by atoms with Crippen molar-refractivity contribution in [2.24, 2.45) is 0 Å². The molecule has 1 aromatic heterocycles. The summed E-state index contributed by atoms with van der Waals surface area (Å²) in [5.74, 6) is 2.99. The average molecular weight is 279 g/mol. The zero-order chi connectivity index (χ0) is 15.0. The third kappa shape index (κ3) is 5.33. The number of hydrogen-bond donors (Lipinski definition) is 2. The SMILES string of the molecule is CCN(CC)CCCNc1cc(NC)nc(C(C)C)n1. The average Bonchev–Trinajstić information content (AvgIpc) is 2.47. The van der Waals surface area contributed by atoms with Crippen LogP contribution < -0.4 is 10.6 Å². The van der Waals surface area contributed by atoms with E-state index in [1.807, 2.05) is 13.1 Å². The van der Waals surface area contributed by atoms with Gasteiger partial charge in [-0.05, 0) is 26.1 Å². The highest BCUT2D eigenvalue weighted by molar-refractivity contribution is 5.47. The van der Waals surface area contributed by atoms with Crippen molar-refractivity contribution < 1.29 is 0 Å². The van der Waals surface area contributed by atoms with Crippen molar-refractivity contribution >= 4 is 11.6 Å². The van der Waals surface area contributed by atoms with Gasteiger partial charge in [0.15, 0.2) is 0 Å². The van der Waals surface area contributed by atoms with Gasteiger partial charge in [0.05, 0.1) is 0 Å². The molecule has 0 saturated carbocycles. The number of anilines is 2. The quantitative estimate of drug-likeness (QED) is 0.681. The molecule has 0 aliphatic heterocycles. The Morgan fingerprint density at radius 1 is 1.15 bits per heavy atom. The summed E-state index contributed by atoms with van der Waals surface area (Å²) in [6, 6.07) is 1.96. The standard InChI is InChI=1S/C15H29N5/c1-6-20(7-2)10-8-9-17-14-11-13(16-5)18-15(19-14)12(3)4/h11-12H,6-10H2,1-5H3,(H2,16,17,18,19). The van der Waals surface area contributed by atoms with Crippen LogP contribution in [-0.2, 0) is 0 Å². The van der Waals surface area contributed by atoms with Gasteiger partial charge in [-0.1, -0.05) is 27.7 Å². The van der Waals surface area contributed by atoms with Crippen LogP contribution in [0.3, 0.4) is 0 Å². The van der Waals surface area contributed by atoms with Gasteiger partial charge in [-0.3, -0.25) is 0 Å². The molecule has 1 heterocycles. The second-order valence-electron chi connectivity index (χ2n) is 5.21. The summed E-state index contributed by atoms with van der Waals surface area (Å²) in [5, 5.41) is 6.49. The van der Waals surface area contributed by atoms with E-state index in [-0.39, 0.29) is 0 Å². The van der Waals surface area contributed by atoms with E-state index in [1.54, 1.807) is 0 Å². The van der Waals surface area contributed by atoms with E-state index in [9.17, 15) is 0 Å². The largest absolute Gasteiger partial charge is 0.373 e. The molecule has 0 unspecified atom stereocenters. The molecule has 20 heavy (non-hydrogen) atoms. The molecule has 0 spiro atoms. The van der Waals surface area contributed by atoms with Crippen LogP contribution in [0.25, 0.3) is 0 Å². The van der Waals surface area contributed by atoms with Gasteiger partial charge in [-0.2, -0.15) is 0 Å². The summed E-state index contributed by atoms with van der Waals surface area (Å²) in [6.07, 6.45) is 1.12. The van der Waals surface area contributed by atoms with E-state index < -0.39 is 0 Å². The molecule has 0 aromatic carbocycles. The third-order valence-electron chi connectivity index (χ3n) is 3.37. The maximum Gasteiger partial charge on any atom is 0.135 e. The first-order valence-corrected chi connectivity index (χ1v) is 7.63. The van der Waals surface area contributed by atoms with Crippen molar-refractivity contribution in [1.29, 1.82) is 0 Å². The van der Waals surface area contributed by atoms with Crippen molar-refractivity contribution in [3.05, 3.63) is 11.9 Å². The third-order valence-corrected chi connectivity index (χ3v) is 3.37. The van der Waals surface area contributed by atoms with Gasteiger partial charge in [0.2, 0.25) is 0 Å². The van der Waals surface area contributed by atoms with Crippen LogP contribution in [0.5, 0.6) is 0 Å². The van der Waals surface area contributed by atoms with Crippen LogP contribution in [0.4, 0.5) is 11.6 Å². The summed E-state index contributed by atoms with van der Waals surface area (Å²) in [6.45, 7) is 12.9. The number of nitrogens with zero attached hydrogens (tertiary/aromatic N) is 3. The predicted molar refractivity (Wildman–Crippen MR) is 86.6 cm³/mol. The lowest BCUT2D eigenvalue weighted by atomic mass is 10.2. The van der Waals surface area contributed by atoms with Crippen molar-refractivity contribution in [2.45, 2.75) is 40.0 Å². The number of aromatic nitrogens is 2. The number of hydrogen-bond acceptors (Lipinski definition) is 5. The molecule has 0 radical (unpaired) electrons. The van der Waals surface area contributed by atoms with Crippen molar-refractivity contribution in [3.63, 3.8) is 0 Å². The Balaban J connectivity index is 2.52. The summed E-state index contributed by atoms with van der Waals surface area (Å²) in [5.41, 5.74) is 0. The number of nitrogens with one attached hydrogen (secondary N) is 2. The summed E-state index contributed by atoms with van der Waals surface area (Å²) in [7, 11) is 1.89. The topological polar surface area (TPSA) is 53.1 Å². The molecule has 1 aromatic rings. The summed E-state index contributed by atoms with van der Waals surface area (Å²) < 4.78 is 0. The Hall–Kier alpha value is -1.36. The van der Waals surface area contributed by atoms with E-state index in [0.29, 0.717) is 5.92 Å². The minimum Gasteiger partial charge on any atom is -0.373 e. The molecule has 0 atom stereocenters. The minimum absolute atomic E-state index is 0.333. The van der Waals surface area contributed by atoms with Crippen molar-refractivity contribution in [2.75, 3.05) is 43.9 Å². The highest BCUT2D eigenvalue weighted by atomic mass is 15.1.